The van der Waals surface area contributed by atoms with E-state index >= 15 is 0 Å². The topological polar surface area (TPSA) is 0 Å². The Balaban J connectivity index is 2.90. The molecule has 74 valence electrons. The zero-order valence-corrected chi connectivity index (χ0v) is 9.23. The van der Waals surface area contributed by atoms with Gasteiger partial charge in [0.15, 0.2) is 0 Å². The molecule has 1 atom stereocenters. The molecule has 0 rings (SSSR count). The van der Waals surface area contributed by atoms with Crippen LogP contribution in [-0.2, 0) is 0 Å². The van der Waals surface area contributed by atoms with Crippen LogP contribution < -0.4 is 0 Å². The van der Waals surface area contributed by atoms with Crippen molar-refractivity contribution in [2.45, 2.75) is 72.1 Å². The summed E-state index contributed by atoms with van der Waals surface area (Å²) in [6.45, 7) is 6.94. The molecule has 0 saturated heterocycles. The maximum atomic E-state index is 2.37. The number of hydrogen-bond donors (Lipinski definition) is 0. The van der Waals surface area contributed by atoms with Crippen molar-refractivity contribution in [2.75, 3.05) is 0 Å². The highest BCUT2D eigenvalue weighted by Gasteiger charge is 1.97. The van der Waals surface area contributed by atoms with Crippen LogP contribution in [0.1, 0.15) is 72.1 Å². The molecule has 0 heterocycles. The van der Waals surface area contributed by atoms with Crippen LogP contribution in [0.4, 0.5) is 0 Å². The Hall–Kier alpha value is 0. The Morgan fingerprint density at radius 1 is 0.833 bits per heavy atom. The van der Waals surface area contributed by atoms with Gasteiger partial charge in [0.1, 0.15) is 0 Å². The van der Waals surface area contributed by atoms with Crippen LogP contribution in [-0.4, -0.2) is 0 Å². The van der Waals surface area contributed by atoms with E-state index in [-0.39, 0.29) is 0 Å². The van der Waals surface area contributed by atoms with E-state index in [1.54, 1.807) is 0 Å². The predicted molar refractivity (Wildman–Crippen MR) is 57.4 cm³/mol. The number of unbranched alkanes of at least 4 members (excludes halogenated alkanes) is 5. The summed E-state index contributed by atoms with van der Waals surface area (Å²) in [5.41, 5.74) is 0. The molecule has 0 aromatic carbocycles. The molecule has 12 heavy (non-hydrogen) atoms. The molecule has 0 aliphatic carbocycles. The second-order valence-corrected chi connectivity index (χ2v) is 4.07. The van der Waals surface area contributed by atoms with Crippen molar-refractivity contribution in [3.8, 4) is 0 Å². The Bertz CT molecular complexity index is 76.1. The minimum atomic E-state index is 0.955. The maximum absolute atomic E-state index is 2.37. The summed E-state index contributed by atoms with van der Waals surface area (Å²) in [6.07, 6.45) is 11.4. The van der Waals surface area contributed by atoms with Crippen molar-refractivity contribution in [1.29, 1.82) is 0 Å². The van der Waals surface area contributed by atoms with Gasteiger partial charge in [0.05, 0.1) is 0 Å². The van der Waals surface area contributed by atoms with Gasteiger partial charge in [-0.15, -0.1) is 0 Å². The largest absolute Gasteiger partial charge is 0.0654 e. The van der Waals surface area contributed by atoms with Gasteiger partial charge in [-0.25, -0.2) is 0 Å². The van der Waals surface area contributed by atoms with Gasteiger partial charge in [0.2, 0.25) is 0 Å². The zero-order chi connectivity index (χ0) is 9.23. The van der Waals surface area contributed by atoms with E-state index in [9.17, 15) is 0 Å². The van der Waals surface area contributed by atoms with Gasteiger partial charge in [0, 0.05) is 0 Å². The van der Waals surface area contributed by atoms with Gasteiger partial charge in [-0.1, -0.05) is 72.1 Å². The molecule has 0 aromatic rings. The highest BCUT2D eigenvalue weighted by atomic mass is 14.0. The highest BCUT2D eigenvalue weighted by Crippen LogP contribution is 2.13. The summed E-state index contributed by atoms with van der Waals surface area (Å²) in [5, 5.41) is 0. The Morgan fingerprint density at radius 3 is 2.00 bits per heavy atom. The second-order valence-electron chi connectivity index (χ2n) is 4.07. The zero-order valence-electron chi connectivity index (χ0n) is 9.23. The summed E-state index contributed by atoms with van der Waals surface area (Å²) >= 11 is 0. The van der Waals surface area contributed by atoms with Crippen molar-refractivity contribution < 1.29 is 0 Å². The van der Waals surface area contributed by atoms with Crippen molar-refractivity contribution in [3.63, 3.8) is 0 Å². The van der Waals surface area contributed by atoms with Crippen molar-refractivity contribution >= 4 is 0 Å². The number of rotatable bonds is 8. The molecule has 0 N–H and O–H groups in total. The summed E-state index contributed by atoms with van der Waals surface area (Å²) in [5.74, 6) is 0.955. The van der Waals surface area contributed by atoms with Crippen LogP contribution in [0.5, 0.6) is 0 Å². The maximum Gasteiger partial charge on any atom is -0.0445 e. The lowest BCUT2D eigenvalue weighted by Crippen LogP contribution is -1.91. The summed E-state index contributed by atoms with van der Waals surface area (Å²) in [7, 11) is 0. The van der Waals surface area contributed by atoms with Crippen LogP contribution in [0.2, 0.25) is 0 Å². The van der Waals surface area contributed by atoms with Gasteiger partial charge >= 0.3 is 0 Å². The molecule has 0 nitrogen and oxygen atoms in total. The van der Waals surface area contributed by atoms with Gasteiger partial charge in [-0.2, -0.15) is 0 Å². The Kier molecular flexibility index (Phi) is 9.09. The van der Waals surface area contributed by atoms with Crippen molar-refractivity contribution in [3.05, 3.63) is 0 Å². The Morgan fingerprint density at radius 2 is 1.42 bits per heavy atom. The van der Waals surface area contributed by atoms with Crippen molar-refractivity contribution in [1.82, 2.24) is 0 Å². The molecule has 0 fully saturated rings. The SMILES string of the molecule is CCCCCCCC[C@@H](C)CC. The van der Waals surface area contributed by atoms with E-state index in [1.807, 2.05) is 0 Å². The molecule has 0 aliphatic heterocycles. The third-order valence-corrected chi connectivity index (χ3v) is 2.75. The lowest BCUT2D eigenvalue weighted by atomic mass is 10.00. The minimum Gasteiger partial charge on any atom is -0.0654 e. The first kappa shape index (κ1) is 12.0. The van der Waals surface area contributed by atoms with Gasteiger partial charge < -0.3 is 0 Å². The summed E-state index contributed by atoms with van der Waals surface area (Å²) in [6, 6.07) is 0. The summed E-state index contributed by atoms with van der Waals surface area (Å²) < 4.78 is 0. The molecule has 0 amide bonds. The van der Waals surface area contributed by atoms with Gasteiger partial charge in [-0.3, -0.25) is 0 Å². The standard InChI is InChI=1S/C12H26/c1-4-6-7-8-9-10-11-12(3)5-2/h12H,4-11H2,1-3H3/t12-/m0/s1. The Labute approximate surface area is 78.8 Å². The molecular weight excluding hydrogens is 144 g/mol. The van der Waals surface area contributed by atoms with E-state index in [1.165, 1.54) is 51.4 Å². The quantitative estimate of drug-likeness (QED) is 0.460. The molecule has 0 saturated carbocycles. The normalized spacial score (nSPS) is 13.2. The third kappa shape index (κ3) is 8.10. The fourth-order valence-corrected chi connectivity index (χ4v) is 1.48. The van der Waals surface area contributed by atoms with E-state index < -0.39 is 0 Å². The molecule has 0 bridgehead atoms. The monoisotopic (exact) mass is 170 g/mol. The second kappa shape index (κ2) is 9.09. The predicted octanol–water partition coefficient (Wildman–Crippen LogP) is 4.78. The fraction of sp³-hybridized carbons (Fsp3) is 1.00. The molecule has 0 aromatic heterocycles. The average Bonchev–Trinajstić information content (AvgIpc) is 2.10. The van der Waals surface area contributed by atoms with Gasteiger partial charge in [0.25, 0.3) is 0 Å². The third-order valence-electron chi connectivity index (χ3n) is 2.75. The van der Waals surface area contributed by atoms with E-state index in [0.29, 0.717) is 0 Å². The van der Waals surface area contributed by atoms with Crippen LogP contribution in [0.3, 0.4) is 0 Å². The first-order valence-electron chi connectivity index (χ1n) is 5.81. The minimum absolute atomic E-state index is 0.955. The number of hydrogen-bond acceptors (Lipinski definition) is 0. The van der Waals surface area contributed by atoms with E-state index in [0.717, 1.165) is 5.92 Å². The smallest absolute Gasteiger partial charge is 0.0445 e. The molecular formula is C12H26. The molecule has 0 aliphatic rings. The van der Waals surface area contributed by atoms with Crippen molar-refractivity contribution in [2.24, 2.45) is 5.92 Å². The van der Waals surface area contributed by atoms with Crippen LogP contribution in [0.15, 0.2) is 0 Å². The fourth-order valence-electron chi connectivity index (χ4n) is 1.48. The average molecular weight is 170 g/mol. The molecule has 0 heteroatoms. The van der Waals surface area contributed by atoms with Crippen LogP contribution in [0.25, 0.3) is 0 Å². The summed E-state index contributed by atoms with van der Waals surface area (Å²) in [4.78, 5) is 0. The molecule has 0 radical (unpaired) electrons. The lowest BCUT2D eigenvalue weighted by molar-refractivity contribution is 0.472. The van der Waals surface area contributed by atoms with Gasteiger partial charge in [-0.05, 0) is 5.92 Å². The van der Waals surface area contributed by atoms with Crippen LogP contribution >= 0.6 is 0 Å². The first-order valence-corrected chi connectivity index (χ1v) is 5.81. The molecule has 0 spiro atoms. The molecule has 0 unspecified atom stereocenters. The van der Waals surface area contributed by atoms with E-state index in [4.69, 9.17) is 0 Å². The van der Waals surface area contributed by atoms with E-state index in [2.05, 4.69) is 20.8 Å². The van der Waals surface area contributed by atoms with Crippen LogP contribution in [0, 0.1) is 5.92 Å². The lowest BCUT2D eigenvalue weighted by Gasteiger charge is -2.06. The first-order chi connectivity index (χ1) is 5.81. The highest BCUT2D eigenvalue weighted by molar-refractivity contribution is 4.51.